The number of piperazine rings is 1. The minimum Gasteiger partial charge on any atom is -0.396 e. The molecule has 1 atom stereocenters. The van der Waals surface area contributed by atoms with Gasteiger partial charge in [0.25, 0.3) is 0 Å². The Balaban J connectivity index is 1.72. The van der Waals surface area contributed by atoms with E-state index in [0.717, 1.165) is 46.7 Å². The van der Waals surface area contributed by atoms with Gasteiger partial charge >= 0.3 is 0 Å². The molecule has 4 rings (SSSR count). The topological polar surface area (TPSA) is 93.4 Å². The van der Waals surface area contributed by atoms with Gasteiger partial charge in [0.15, 0.2) is 0 Å². The van der Waals surface area contributed by atoms with Gasteiger partial charge in [-0.1, -0.05) is 26.5 Å². The number of carbonyl (C=O) groups is 1. The zero-order valence-corrected chi connectivity index (χ0v) is 21.4. The number of hydrogen-bond acceptors (Lipinski definition) is 6. The van der Waals surface area contributed by atoms with E-state index in [4.69, 9.17) is 10.1 Å². The third-order valence-electron chi connectivity index (χ3n) is 7.14. The Hall–Kier alpha value is -3.50. The molecule has 1 aliphatic carbocycles. The second-order valence-corrected chi connectivity index (χ2v) is 9.96. The smallest absolute Gasteiger partial charge is 0.246 e. The molecule has 2 aromatic rings. The summed E-state index contributed by atoms with van der Waals surface area (Å²) >= 11 is 0. The molecule has 1 aliphatic heterocycles. The summed E-state index contributed by atoms with van der Waals surface area (Å²) in [5, 5.41) is 19.3. The van der Waals surface area contributed by atoms with Crippen molar-refractivity contribution in [2.75, 3.05) is 31.1 Å². The van der Waals surface area contributed by atoms with Crippen LogP contribution in [0.25, 0.3) is 17.2 Å². The first kappa shape index (κ1) is 25.6. The molecule has 1 amide bonds. The zero-order valence-electron chi connectivity index (χ0n) is 21.4. The third-order valence-corrected chi connectivity index (χ3v) is 7.14. The molecule has 2 aliphatic rings. The van der Waals surface area contributed by atoms with Crippen molar-refractivity contribution in [3.8, 4) is 17.2 Å². The van der Waals surface area contributed by atoms with E-state index in [0.29, 0.717) is 37.5 Å². The van der Waals surface area contributed by atoms with Gasteiger partial charge in [-0.3, -0.25) is 9.78 Å². The summed E-state index contributed by atoms with van der Waals surface area (Å²) in [5.41, 5.74) is 5.43. The van der Waals surface area contributed by atoms with Crippen molar-refractivity contribution in [3.05, 3.63) is 59.6 Å². The van der Waals surface area contributed by atoms with Crippen molar-refractivity contribution in [2.24, 2.45) is 5.92 Å². The lowest BCUT2D eigenvalue weighted by Crippen LogP contribution is -2.57. The van der Waals surface area contributed by atoms with Gasteiger partial charge in [0, 0.05) is 43.9 Å². The molecule has 0 radical (unpaired) electrons. The molecule has 7 heteroatoms. The van der Waals surface area contributed by atoms with Crippen LogP contribution in [0.4, 0.5) is 5.82 Å². The number of pyridine rings is 2. The van der Waals surface area contributed by atoms with Crippen molar-refractivity contribution in [1.29, 1.82) is 5.26 Å². The van der Waals surface area contributed by atoms with Crippen molar-refractivity contribution < 1.29 is 9.90 Å². The molecule has 7 nitrogen and oxygen atoms in total. The number of aliphatic hydroxyl groups excluding tert-OH is 1. The predicted octanol–water partition coefficient (Wildman–Crippen LogP) is 4.46. The van der Waals surface area contributed by atoms with E-state index in [2.05, 4.69) is 36.4 Å². The highest BCUT2D eigenvalue weighted by Crippen LogP contribution is 2.46. The lowest BCUT2D eigenvalue weighted by Gasteiger charge is -2.44. The van der Waals surface area contributed by atoms with Gasteiger partial charge in [0.2, 0.25) is 5.91 Å². The van der Waals surface area contributed by atoms with E-state index in [1.165, 1.54) is 0 Å². The fraction of sp³-hybridized carbons (Fsp3) is 0.448. The number of amides is 1. The number of aromatic nitrogens is 2. The molecule has 0 spiro atoms. The van der Waals surface area contributed by atoms with E-state index >= 15 is 0 Å². The normalized spacial score (nSPS) is 18.1. The number of nitrogens with zero attached hydrogens (tertiary/aromatic N) is 5. The molecular weight excluding hydrogens is 450 g/mol. The van der Waals surface area contributed by atoms with Crippen molar-refractivity contribution >= 4 is 17.8 Å². The quantitative estimate of drug-likeness (QED) is 0.555. The Bertz CT molecular complexity index is 1210. The maximum atomic E-state index is 12.9. The van der Waals surface area contributed by atoms with Crippen molar-refractivity contribution in [1.82, 2.24) is 14.9 Å². The molecule has 0 aromatic carbocycles. The van der Waals surface area contributed by atoms with E-state index < -0.39 is 0 Å². The van der Waals surface area contributed by atoms with Crippen LogP contribution in [-0.2, 0) is 4.79 Å². The second-order valence-electron chi connectivity index (χ2n) is 9.96. The van der Waals surface area contributed by atoms with E-state index in [1.54, 1.807) is 24.4 Å². The maximum Gasteiger partial charge on any atom is 0.246 e. The summed E-state index contributed by atoms with van der Waals surface area (Å²) < 4.78 is 0. The number of hydrogen-bond donors (Lipinski definition) is 1. The Morgan fingerprint density at radius 1 is 1.36 bits per heavy atom. The van der Waals surface area contributed by atoms with E-state index in [1.807, 2.05) is 24.0 Å². The van der Waals surface area contributed by atoms with Gasteiger partial charge in [-0.15, -0.1) is 0 Å². The van der Waals surface area contributed by atoms with Gasteiger partial charge < -0.3 is 14.9 Å². The van der Waals surface area contributed by atoms with Crippen molar-refractivity contribution in [2.45, 2.75) is 52.0 Å². The SMILES string of the molecule is C=Cc1cc(-c2c(C3CC3)nc(N3CCN(C(=O)C=CCCO)C(C(C)C)C3)c(C#N)c2C)ccn1. The number of anilines is 1. The van der Waals surface area contributed by atoms with Crippen LogP contribution in [0.15, 0.2) is 37.1 Å². The highest BCUT2D eigenvalue weighted by Gasteiger charge is 2.36. The summed E-state index contributed by atoms with van der Waals surface area (Å²) in [6.07, 6.45) is 9.46. The molecule has 2 fully saturated rings. The number of aliphatic hydroxyl groups is 1. The predicted molar refractivity (Wildman–Crippen MR) is 142 cm³/mol. The molecular formula is C29H35N5O2. The van der Waals surface area contributed by atoms with Crippen LogP contribution in [0.3, 0.4) is 0 Å². The maximum absolute atomic E-state index is 12.9. The molecule has 3 heterocycles. The summed E-state index contributed by atoms with van der Waals surface area (Å²) in [6, 6.07) is 6.43. The minimum atomic E-state index is -0.0313. The fourth-order valence-electron chi connectivity index (χ4n) is 5.01. The Labute approximate surface area is 213 Å². The van der Waals surface area contributed by atoms with Crippen LogP contribution < -0.4 is 4.90 Å². The highest BCUT2D eigenvalue weighted by atomic mass is 16.2. The first-order chi connectivity index (χ1) is 17.4. The average molecular weight is 486 g/mol. The Kier molecular flexibility index (Phi) is 7.85. The highest BCUT2D eigenvalue weighted by molar-refractivity contribution is 5.88. The molecule has 1 saturated carbocycles. The monoisotopic (exact) mass is 485 g/mol. The van der Waals surface area contributed by atoms with Crippen LogP contribution in [0, 0.1) is 24.2 Å². The van der Waals surface area contributed by atoms with Gasteiger partial charge in [-0.05, 0) is 67.5 Å². The Morgan fingerprint density at radius 2 is 2.14 bits per heavy atom. The van der Waals surface area contributed by atoms with Crippen LogP contribution >= 0.6 is 0 Å². The summed E-state index contributed by atoms with van der Waals surface area (Å²) in [7, 11) is 0. The molecule has 188 valence electrons. The number of nitriles is 1. The molecule has 1 N–H and O–H groups in total. The lowest BCUT2D eigenvalue weighted by molar-refractivity contribution is -0.129. The Morgan fingerprint density at radius 3 is 2.78 bits per heavy atom. The molecule has 0 bridgehead atoms. The van der Waals surface area contributed by atoms with Gasteiger partial charge in [-0.25, -0.2) is 4.98 Å². The van der Waals surface area contributed by atoms with Gasteiger partial charge in [0.05, 0.1) is 23.0 Å². The summed E-state index contributed by atoms with van der Waals surface area (Å²) in [4.78, 5) is 26.5. The van der Waals surface area contributed by atoms with Gasteiger partial charge in [0.1, 0.15) is 11.9 Å². The number of rotatable bonds is 8. The lowest BCUT2D eigenvalue weighted by atomic mass is 9.93. The fourth-order valence-corrected chi connectivity index (χ4v) is 5.01. The zero-order chi connectivity index (χ0) is 25.8. The molecule has 36 heavy (non-hydrogen) atoms. The van der Waals surface area contributed by atoms with E-state index in [9.17, 15) is 10.1 Å². The second kappa shape index (κ2) is 11.0. The van der Waals surface area contributed by atoms with Crippen LogP contribution in [0.5, 0.6) is 0 Å². The van der Waals surface area contributed by atoms with Crippen LogP contribution in [0.1, 0.15) is 61.5 Å². The standard InChI is InChI=1S/C29H35N5O2/c1-5-23-16-22(11-12-31-23)27-20(4)24(17-30)29(32-28(27)21-9-10-21)33-13-14-34(25(18-33)19(2)3)26(36)8-6-7-15-35/h5-6,8,11-12,16,19,21,25,35H,1,7,9-10,13-15,18H2,2-4H3. The van der Waals surface area contributed by atoms with E-state index in [-0.39, 0.29) is 24.5 Å². The largest absolute Gasteiger partial charge is 0.396 e. The van der Waals surface area contributed by atoms with Crippen LogP contribution in [0.2, 0.25) is 0 Å². The minimum absolute atomic E-state index is 0.00178. The average Bonchev–Trinajstić information content (AvgIpc) is 3.73. The molecule has 1 saturated heterocycles. The molecule has 1 unspecified atom stereocenters. The summed E-state index contributed by atoms with van der Waals surface area (Å²) in [5.74, 6) is 1.33. The number of carbonyl (C=O) groups excluding carboxylic acids is 1. The third kappa shape index (κ3) is 5.19. The summed E-state index contributed by atoms with van der Waals surface area (Å²) in [6.45, 7) is 11.9. The first-order valence-electron chi connectivity index (χ1n) is 12.8. The molecule has 2 aromatic heterocycles. The first-order valence-corrected chi connectivity index (χ1v) is 12.8. The van der Waals surface area contributed by atoms with Crippen molar-refractivity contribution in [3.63, 3.8) is 0 Å². The van der Waals surface area contributed by atoms with Gasteiger partial charge in [-0.2, -0.15) is 5.26 Å². The van der Waals surface area contributed by atoms with Crippen LogP contribution in [-0.4, -0.2) is 58.2 Å².